The first kappa shape index (κ1) is 23.7. The molecule has 0 fully saturated rings. The Hall–Kier alpha value is -1.56. The van der Waals surface area contributed by atoms with Crippen LogP contribution in [0.5, 0.6) is 5.75 Å². The molecule has 0 radical (unpaired) electrons. The van der Waals surface area contributed by atoms with Crippen LogP contribution in [0.2, 0.25) is 0 Å². The fourth-order valence-electron chi connectivity index (χ4n) is 2.54. The van der Waals surface area contributed by atoms with E-state index in [0.29, 0.717) is 13.7 Å². The van der Waals surface area contributed by atoms with Crippen molar-refractivity contribution in [1.82, 2.24) is 10.6 Å². The van der Waals surface area contributed by atoms with Crippen molar-refractivity contribution in [3.05, 3.63) is 60.7 Å². The number of amides is 2. The van der Waals surface area contributed by atoms with E-state index in [2.05, 4.69) is 10.6 Å². The second-order valence-electron chi connectivity index (χ2n) is 7.51. The maximum atomic E-state index is 12.8. The number of carbonyl (C=O) groups excluding carboxylic acids is 2. The lowest BCUT2D eigenvalue weighted by atomic mass is 10.0. The number of alkyl carbamates (subject to hydrolysis) is 1. The Morgan fingerprint density at radius 3 is 2.21 bits per heavy atom. The number of phenols is 1. The number of ether oxygens (including phenoxy) is 1. The van der Waals surface area contributed by atoms with Crippen LogP contribution < -0.4 is 10.6 Å². The summed E-state index contributed by atoms with van der Waals surface area (Å²) < 4.78 is 6.68. The van der Waals surface area contributed by atoms with Crippen molar-refractivity contribution in [2.24, 2.45) is 0 Å². The molecule has 2 aromatic rings. The van der Waals surface area contributed by atoms with E-state index >= 15 is 0 Å². The number of hydrogen-bond donors (Lipinski definition) is 3. The summed E-state index contributed by atoms with van der Waals surface area (Å²) >= 11 is 4.08. The molecule has 0 saturated carbocycles. The van der Waals surface area contributed by atoms with Gasteiger partial charge in [-0.25, -0.2) is 4.79 Å². The van der Waals surface area contributed by atoms with Crippen LogP contribution in [0.25, 0.3) is 0 Å². The molecule has 29 heavy (non-hydrogen) atoms. The lowest BCUT2D eigenvalue weighted by Crippen LogP contribution is -2.49. The van der Waals surface area contributed by atoms with E-state index in [-0.39, 0.29) is 18.1 Å². The van der Waals surface area contributed by atoms with Crippen molar-refractivity contribution in [2.45, 2.75) is 45.4 Å². The lowest BCUT2D eigenvalue weighted by Gasteiger charge is -2.23. The zero-order chi connectivity index (χ0) is 21.6. The predicted molar refractivity (Wildman–Crippen MR) is 129 cm³/mol. The molecule has 0 unspecified atom stereocenters. The van der Waals surface area contributed by atoms with Crippen LogP contribution in [-0.4, -0.2) is 28.7 Å². The fourth-order valence-corrected chi connectivity index (χ4v) is 4.44. The van der Waals surface area contributed by atoms with Crippen LogP contribution in [-0.2, 0) is 22.5 Å². The van der Waals surface area contributed by atoms with Gasteiger partial charge < -0.3 is 20.5 Å². The lowest BCUT2D eigenvalue weighted by molar-refractivity contribution is -0.123. The minimum Gasteiger partial charge on any atom is -0.506 e. The normalized spacial score (nSPS) is 12.2. The van der Waals surface area contributed by atoms with E-state index in [1.807, 2.05) is 75.5 Å². The van der Waals surface area contributed by atoms with E-state index in [1.54, 1.807) is 32.9 Å². The van der Waals surface area contributed by atoms with E-state index in [0.717, 1.165) is 11.1 Å². The second-order valence-corrected chi connectivity index (χ2v) is 9.84. The van der Waals surface area contributed by atoms with Gasteiger partial charge in [0.05, 0.1) is 7.14 Å². The van der Waals surface area contributed by atoms with Crippen molar-refractivity contribution >= 4 is 57.2 Å². The van der Waals surface area contributed by atoms with Gasteiger partial charge in [0.1, 0.15) is 17.4 Å². The monoisotopic (exact) mass is 622 g/mol. The summed E-state index contributed by atoms with van der Waals surface area (Å²) in [5, 5.41) is 15.5. The number of phenolic OH excluding ortho intramolecular Hbond substituents is 1. The Kier molecular flexibility index (Phi) is 8.56. The number of halogens is 2. The van der Waals surface area contributed by atoms with Gasteiger partial charge in [-0.15, -0.1) is 0 Å². The third kappa shape index (κ3) is 8.00. The minimum atomic E-state index is -0.815. The smallest absolute Gasteiger partial charge is 0.408 e. The molecule has 2 rings (SSSR count). The van der Waals surface area contributed by atoms with E-state index < -0.39 is 17.7 Å². The van der Waals surface area contributed by atoms with Gasteiger partial charge in [0, 0.05) is 13.0 Å². The molecule has 6 nitrogen and oxygen atoms in total. The molecule has 0 aliphatic heterocycles. The zero-order valence-corrected chi connectivity index (χ0v) is 20.8. The Labute approximate surface area is 198 Å². The average Bonchev–Trinajstić information content (AvgIpc) is 2.63. The van der Waals surface area contributed by atoms with E-state index in [9.17, 15) is 14.7 Å². The van der Waals surface area contributed by atoms with Gasteiger partial charge in [-0.05, 0) is 89.2 Å². The summed E-state index contributed by atoms with van der Waals surface area (Å²) in [5.74, 6) is -0.0991. The number of carbonyl (C=O) groups is 2. The highest BCUT2D eigenvalue weighted by Gasteiger charge is 2.25. The Morgan fingerprint density at radius 1 is 1.07 bits per heavy atom. The molecule has 0 heterocycles. The third-order valence-corrected chi connectivity index (χ3v) is 5.48. The van der Waals surface area contributed by atoms with Gasteiger partial charge in [-0.2, -0.15) is 0 Å². The molecule has 0 spiro atoms. The molecule has 0 saturated heterocycles. The van der Waals surface area contributed by atoms with E-state index in [1.165, 1.54) is 0 Å². The first-order chi connectivity index (χ1) is 13.5. The molecular formula is C21H24I2N2O4. The first-order valence-corrected chi connectivity index (χ1v) is 11.2. The van der Waals surface area contributed by atoms with Crippen LogP contribution in [0, 0.1) is 7.14 Å². The fraction of sp³-hybridized carbons (Fsp3) is 0.333. The maximum absolute atomic E-state index is 12.8. The molecular weight excluding hydrogens is 598 g/mol. The van der Waals surface area contributed by atoms with Gasteiger partial charge in [0.15, 0.2) is 0 Å². The number of nitrogens with one attached hydrogen (secondary N) is 2. The molecule has 1 atom stereocenters. The van der Waals surface area contributed by atoms with Gasteiger partial charge in [-0.1, -0.05) is 30.3 Å². The van der Waals surface area contributed by atoms with Crippen LogP contribution in [0.3, 0.4) is 0 Å². The van der Waals surface area contributed by atoms with Crippen LogP contribution in [0.15, 0.2) is 42.5 Å². The number of benzene rings is 2. The van der Waals surface area contributed by atoms with Crippen LogP contribution in [0.1, 0.15) is 31.9 Å². The Morgan fingerprint density at radius 2 is 1.66 bits per heavy atom. The molecule has 8 heteroatoms. The standard InChI is InChI=1S/C21H24I2N2O4/c1-21(2,3)29-20(28)25-17(11-14-9-15(22)18(26)16(23)10-14)19(27)24-12-13-7-5-4-6-8-13/h4-10,17,26H,11-12H2,1-3H3,(H,24,27)(H,25,28)/t17-/m0/s1. The summed E-state index contributed by atoms with van der Waals surface area (Å²) in [6, 6.07) is 12.3. The average molecular weight is 622 g/mol. The molecule has 156 valence electrons. The molecule has 0 aliphatic carbocycles. The molecule has 3 N–H and O–H groups in total. The molecule has 0 bridgehead atoms. The molecule has 0 aromatic heterocycles. The third-order valence-electron chi connectivity index (χ3n) is 3.83. The number of aromatic hydroxyl groups is 1. The van der Waals surface area contributed by atoms with Crippen molar-refractivity contribution in [3.8, 4) is 5.75 Å². The summed E-state index contributed by atoms with van der Waals surface area (Å²) in [7, 11) is 0. The topological polar surface area (TPSA) is 87.7 Å². The van der Waals surface area contributed by atoms with E-state index in [4.69, 9.17) is 4.74 Å². The summed E-state index contributed by atoms with van der Waals surface area (Å²) in [6.07, 6.45) is -0.382. The molecule has 0 aliphatic rings. The van der Waals surface area contributed by atoms with Crippen molar-refractivity contribution in [2.75, 3.05) is 0 Å². The van der Waals surface area contributed by atoms with Gasteiger partial charge >= 0.3 is 6.09 Å². The van der Waals surface area contributed by atoms with Gasteiger partial charge in [0.2, 0.25) is 5.91 Å². The first-order valence-electron chi connectivity index (χ1n) is 9.03. The molecule has 2 aromatic carbocycles. The predicted octanol–water partition coefficient (Wildman–Crippen LogP) is 4.35. The van der Waals surface area contributed by atoms with Crippen LogP contribution in [0.4, 0.5) is 4.79 Å². The molecule has 2 amide bonds. The van der Waals surface area contributed by atoms with Gasteiger partial charge in [0.25, 0.3) is 0 Å². The number of rotatable bonds is 6. The Bertz CT molecular complexity index is 844. The Balaban J connectivity index is 2.15. The minimum absolute atomic E-state index is 0.208. The highest BCUT2D eigenvalue weighted by Crippen LogP contribution is 2.28. The van der Waals surface area contributed by atoms with Crippen LogP contribution >= 0.6 is 45.2 Å². The second kappa shape index (κ2) is 10.5. The van der Waals surface area contributed by atoms with Crippen molar-refractivity contribution in [3.63, 3.8) is 0 Å². The summed E-state index contributed by atoms with van der Waals surface area (Å²) in [6.45, 7) is 5.65. The number of hydrogen-bond acceptors (Lipinski definition) is 4. The maximum Gasteiger partial charge on any atom is 0.408 e. The zero-order valence-electron chi connectivity index (χ0n) is 16.5. The summed E-state index contributed by atoms with van der Waals surface area (Å²) in [5.41, 5.74) is 1.12. The largest absolute Gasteiger partial charge is 0.506 e. The highest BCUT2D eigenvalue weighted by atomic mass is 127. The SMILES string of the molecule is CC(C)(C)OC(=O)N[C@@H](Cc1cc(I)c(O)c(I)c1)C(=O)NCc1ccccc1. The van der Waals surface area contributed by atoms with Crippen molar-refractivity contribution in [1.29, 1.82) is 0 Å². The van der Waals surface area contributed by atoms with Gasteiger partial charge in [-0.3, -0.25) is 4.79 Å². The summed E-state index contributed by atoms with van der Waals surface area (Å²) in [4.78, 5) is 25.1. The quantitative estimate of drug-likeness (QED) is 0.419. The highest BCUT2D eigenvalue weighted by molar-refractivity contribution is 14.1. The van der Waals surface area contributed by atoms with Crippen molar-refractivity contribution < 1.29 is 19.4 Å².